The predicted molar refractivity (Wildman–Crippen MR) is 69.4 cm³/mol. The first kappa shape index (κ1) is 10.9. The van der Waals surface area contributed by atoms with Crippen LogP contribution in [0, 0.1) is 0 Å². The number of nitrogens with zero attached hydrogens (tertiary/aromatic N) is 1. The van der Waals surface area contributed by atoms with Gasteiger partial charge in [0.2, 0.25) is 5.91 Å². The van der Waals surface area contributed by atoms with Crippen molar-refractivity contribution in [2.24, 2.45) is 0 Å². The average Bonchev–Trinajstić information content (AvgIpc) is 2.81. The summed E-state index contributed by atoms with van der Waals surface area (Å²) >= 11 is 1.88. The Kier molecular flexibility index (Phi) is 2.72. The van der Waals surface area contributed by atoms with Gasteiger partial charge in [-0.05, 0) is 24.1 Å². The minimum absolute atomic E-state index is 0.0333. The van der Waals surface area contributed by atoms with Crippen LogP contribution in [0.1, 0.15) is 5.56 Å². The topological polar surface area (TPSA) is 56.1 Å². The average molecular weight is 248 g/mol. The van der Waals surface area contributed by atoms with Crippen LogP contribution in [-0.2, 0) is 11.2 Å². The summed E-state index contributed by atoms with van der Waals surface area (Å²) in [5, 5.41) is 2.92. The van der Waals surface area contributed by atoms with Gasteiger partial charge in [-0.1, -0.05) is 6.07 Å². The van der Waals surface area contributed by atoms with E-state index in [2.05, 4.69) is 10.2 Å². The molecular weight excluding hydrogens is 234 g/mol. The molecule has 17 heavy (non-hydrogen) atoms. The number of hydrogen-bond donors (Lipinski definition) is 1. The Balaban J connectivity index is 1.87. The van der Waals surface area contributed by atoms with Crippen molar-refractivity contribution in [3.63, 3.8) is 0 Å². The Morgan fingerprint density at radius 2 is 2.35 bits per heavy atom. The van der Waals surface area contributed by atoms with Crippen molar-refractivity contribution in [1.29, 1.82) is 0 Å². The van der Waals surface area contributed by atoms with Gasteiger partial charge in [-0.3, -0.25) is 9.69 Å². The number of rotatable bonds is 1. The number of fused-ring (bicyclic) bond motifs is 1. The molecule has 89 valence electrons. The molecule has 0 spiro atoms. The molecule has 5 heteroatoms. The molecule has 1 amide bonds. The fraction of sp³-hybridized carbons (Fsp3) is 0.417. The molecule has 0 saturated carbocycles. The van der Waals surface area contributed by atoms with Gasteiger partial charge in [0.1, 0.15) is 0 Å². The van der Waals surface area contributed by atoms with E-state index in [1.807, 2.05) is 17.8 Å². The summed E-state index contributed by atoms with van der Waals surface area (Å²) in [7, 11) is 0. The van der Waals surface area contributed by atoms with Crippen LogP contribution in [0.5, 0.6) is 0 Å². The molecule has 1 radical (unpaired) electrons. The molecule has 1 aromatic rings. The third-order valence-corrected chi connectivity index (χ3v) is 4.29. The van der Waals surface area contributed by atoms with Crippen LogP contribution in [0.15, 0.2) is 18.2 Å². The number of anilines is 1. The van der Waals surface area contributed by atoms with Crippen molar-refractivity contribution in [2.75, 3.05) is 23.5 Å². The van der Waals surface area contributed by atoms with Gasteiger partial charge in [0, 0.05) is 23.9 Å². The number of thioether (sulfide) groups is 1. The van der Waals surface area contributed by atoms with Crippen LogP contribution in [-0.4, -0.2) is 35.0 Å². The van der Waals surface area contributed by atoms with Crippen molar-refractivity contribution in [2.45, 2.75) is 12.5 Å². The van der Waals surface area contributed by atoms with Crippen LogP contribution in [0.3, 0.4) is 0 Å². The third-order valence-electron chi connectivity index (χ3n) is 3.30. The molecule has 1 fully saturated rings. The van der Waals surface area contributed by atoms with Crippen molar-refractivity contribution < 1.29 is 4.79 Å². The van der Waals surface area contributed by atoms with Gasteiger partial charge in [-0.15, -0.1) is 11.8 Å². The highest BCUT2D eigenvalue weighted by molar-refractivity contribution is 7.99. The second kappa shape index (κ2) is 4.23. The van der Waals surface area contributed by atoms with E-state index in [1.54, 1.807) is 12.1 Å². The number of amides is 1. The molecule has 1 saturated heterocycles. The fourth-order valence-electron chi connectivity index (χ4n) is 2.36. The Bertz CT molecular complexity index is 457. The standard InChI is InChI=1S/C12H14N3OS/c13-9-2-1-8-5-11(15-3-4-17-7-15)12(16)14-10(8)6-9/h1-2,6,11,13H,3-5,7H2,(H,14,16). The van der Waals surface area contributed by atoms with E-state index in [0.717, 1.165) is 35.8 Å². The number of nitrogens with one attached hydrogen (secondary N) is 2. The van der Waals surface area contributed by atoms with Crippen LogP contribution in [0.4, 0.5) is 11.4 Å². The van der Waals surface area contributed by atoms with E-state index >= 15 is 0 Å². The normalized spacial score (nSPS) is 24.5. The monoisotopic (exact) mass is 248 g/mol. The van der Waals surface area contributed by atoms with E-state index in [-0.39, 0.29) is 11.9 Å². The maximum absolute atomic E-state index is 12.0. The lowest BCUT2D eigenvalue weighted by Crippen LogP contribution is -2.46. The lowest BCUT2D eigenvalue weighted by molar-refractivity contribution is -0.121. The van der Waals surface area contributed by atoms with E-state index in [9.17, 15) is 4.79 Å². The lowest BCUT2D eigenvalue weighted by atomic mass is 9.97. The van der Waals surface area contributed by atoms with Gasteiger partial charge < -0.3 is 11.1 Å². The molecule has 2 aliphatic rings. The maximum Gasteiger partial charge on any atom is 0.242 e. The molecule has 0 aromatic heterocycles. The minimum Gasteiger partial charge on any atom is -0.324 e. The number of carbonyl (C=O) groups is 1. The van der Waals surface area contributed by atoms with Crippen molar-refractivity contribution >= 4 is 29.0 Å². The number of benzene rings is 1. The lowest BCUT2D eigenvalue weighted by Gasteiger charge is -2.30. The first-order valence-electron chi connectivity index (χ1n) is 5.71. The molecule has 0 bridgehead atoms. The van der Waals surface area contributed by atoms with E-state index in [0.29, 0.717) is 5.69 Å². The van der Waals surface area contributed by atoms with Crippen molar-refractivity contribution in [3.8, 4) is 0 Å². The van der Waals surface area contributed by atoms with Crippen LogP contribution in [0.25, 0.3) is 0 Å². The van der Waals surface area contributed by atoms with Gasteiger partial charge in [-0.2, -0.15) is 0 Å². The molecular formula is C12H14N3OS. The molecule has 2 aliphatic heterocycles. The van der Waals surface area contributed by atoms with E-state index in [1.165, 1.54) is 0 Å². The minimum atomic E-state index is -0.0333. The summed E-state index contributed by atoms with van der Waals surface area (Å²) in [5.74, 6) is 2.14. The SMILES string of the molecule is [NH]c1ccc2c(c1)NC(=O)C(N1CCSC1)C2. The number of hydrogen-bond acceptors (Lipinski definition) is 3. The quantitative estimate of drug-likeness (QED) is 0.819. The summed E-state index contributed by atoms with van der Waals surface area (Å²) in [6.07, 6.45) is 0.766. The van der Waals surface area contributed by atoms with Gasteiger partial charge in [-0.25, -0.2) is 0 Å². The smallest absolute Gasteiger partial charge is 0.242 e. The van der Waals surface area contributed by atoms with Crippen molar-refractivity contribution in [3.05, 3.63) is 23.8 Å². The Hall–Kier alpha value is -1.20. The first-order valence-corrected chi connectivity index (χ1v) is 6.87. The van der Waals surface area contributed by atoms with Gasteiger partial charge in [0.15, 0.2) is 0 Å². The fourth-order valence-corrected chi connectivity index (χ4v) is 3.39. The maximum atomic E-state index is 12.0. The van der Waals surface area contributed by atoms with Gasteiger partial charge in [0.25, 0.3) is 0 Å². The second-order valence-electron chi connectivity index (χ2n) is 4.43. The Morgan fingerprint density at radius 1 is 1.47 bits per heavy atom. The summed E-state index contributed by atoms with van der Waals surface area (Å²) in [6.45, 7) is 0.995. The molecule has 2 heterocycles. The van der Waals surface area contributed by atoms with E-state index in [4.69, 9.17) is 5.73 Å². The zero-order valence-corrected chi connectivity index (χ0v) is 10.2. The third kappa shape index (κ3) is 2.00. The second-order valence-corrected chi connectivity index (χ2v) is 5.51. The van der Waals surface area contributed by atoms with Crippen LogP contribution in [0.2, 0.25) is 0 Å². The highest BCUT2D eigenvalue weighted by Crippen LogP contribution is 2.29. The molecule has 1 aromatic carbocycles. The molecule has 1 atom stereocenters. The molecule has 3 rings (SSSR count). The Morgan fingerprint density at radius 3 is 3.12 bits per heavy atom. The largest absolute Gasteiger partial charge is 0.324 e. The van der Waals surface area contributed by atoms with Gasteiger partial charge in [0.05, 0.1) is 11.7 Å². The molecule has 1 unspecified atom stereocenters. The highest BCUT2D eigenvalue weighted by Gasteiger charge is 2.32. The first-order chi connectivity index (χ1) is 8.24. The summed E-state index contributed by atoms with van der Waals surface area (Å²) < 4.78 is 0. The highest BCUT2D eigenvalue weighted by atomic mass is 32.2. The van der Waals surface area contributed by atoms with Crippen molar-refractivity contribution in [1.82, 2.24) is 10.6 Å². The molecule has 0 aliphatic carbocycles. The molecule has 2 N–H and O–H groups in total. The zero-order chi connectivity index (χ0) is 11.8. The van der Waals surface area contributed by atoms with Gasteiger partial charge >= 0.3 is 0 Å². The summed E-state index contributed by atoms with van der Waals surface area (Å²) in [5.41, 5.74) is 9.95. The van der Waals surface area contributed by atoms with Crippen LogP contribution < -0.4 is 11.1 Å². The van der Waals surface area contributed by atoms with Crippen LogP contribution >= 0.6 is 11.8 Å². The summed E-state index contributed by atoms with van der Waals surface area (Å²) in [6, 6.07) is 5.43. The number of carbonyl (C=O) groups excluding carboxylic acids is 1. The Labute approximate surface area is 105 Å². The predicted octanol–water partition coefficient (Wildman–Crippen LogP) is 1.47. The van der Waals surface area contributed by atoms with E-state index < -0.39 is 0 Å². The zero-order valence-electron chi connectivity index (χ0n) is 9.40. The summed E-state index contributed by atoms with van der Waals surface area (Å²) in [4.78, 5) is 14.3. The molecule has 4 nitrogen and oxygen atoms in total.